The fourth-order valence-electron chi connectivity index (χ4n) is 3.01. The van der Waals surface area contributed by atoms with E-state index in [9.17, 15) is 0 Å². The zero-order chi connectivity index (χ0) is 17.5. The van der Waals surface area contributed by atoms with E-state index in [1.54, 1.807) is 15.9 Å². The summed E-state index contributed by atoms with van der Waals surface area (Å²) in [7, 11) is 0. The molecule has 1 aromatic carbocycles. The highest BCUT2D eigenvalue weighted by Gasteiger charge is 2.15. The molecule has 128 valence electrons. The Morgan fingerprint density at radius 3 is 3.04 bits per heavy atom. The van der Waals surface area contributed by atoms with E-state index in [-0.39, 0.29) is 6.61 Å². The van der Waals surface area contributed by atoms with Crippen molar-refractivity contribution in [3.63, 3.8) is 0 Å². The van der Waals surface area contributed by atoms with E-state index < -0.39 is 0 Å². The first-order valence-corrected chi connectivity index (χ1v) is 9.16. The maximum atomic E-state index is 5.89. The lowest BCUT2D eigenvalue weighted by atomic mass is 10.1. The highest BCUT2D eigenvalue weighted by Crippen LogP contribution is 2.27. The normalized spacial score (nSPS) is 13.7. The molecular formula is C19H15N5OS. The molecule has 1 aliphatic carbocycles. The summed E-state index contributed by atoms with van der Waals surface area (Å²) < 4.78 is 7.64. The van der Waals surface area contributed by atoms with Gasteiger partial charge in [0, 0.05) is 11.5 Å². The maximum absolute atomic E-state index is 5.89. The molecule has 7 heteroatoms. The minimum absolute atomic E-state index is 0.270. The molecule has 0 unspecified atom stereocenters. The van der Waals surface area contributed by atoms with Crippen LogP contribution in [0.4, 0.5) is 0 Å². The number of nitrogens with zero attached hydrogens (tertiary/aromatic N) is 5. The lowest BCUT2D eigenvalue weighted by Gasteiger charge is -2.07. The van der Waals surface area contributed by atoms with Crippen molar-refractivity contribution < 1.29 is 4.74 Å². The Morgan fingerprint density at radius 1 is 1.23 bits per heavy atom. The number of pyridine rings is 1. The number of aromatic nitrogens is 5. The Balaban J connectivity index is 1.41. The van der Waals surface area contributed by atoms with E-state index in [0.29, 0.717) is 11.7 Å². The van der Waals surface area contributed by atoms with Crippen LogP contribution in [-0.4, -0.2) is 24.8 Å². The first-order valence-electron chi connectivity index (χ1n) is 8.34. The number of allylic oxidation sites excluding steroid dienone is 4. The third kappa shape index (κ3) is 2.57. The fourth-order valence-corrected chi connectivity index (χ4v) is 3.91. The Kier molecular flexibility index (Phi) is 3.53. The Bertz CT molecular complexity index is 1190. The molecule has 26 heavy (non-hydrogen) atoms. The number of ether oxygens (including phenoxy) is 1. The molecule has 1 aliphatic rings. The van der Waals surface area contributed by atoms with Gasteiger partial charge in [0.2, 0.25) is 10.8 Å². The number of para-hydroxylation sites is 1. The SMILES string of the molecule is Cc1cc(OCc2nnc3sc(C4=CC=CC4)nn23)nc2ccccc12. The first-order chi connectivity index (χ1) is 12.8. The molecule has 3 aromatic heterocycles. The van der Waals surface area contributed by atoms with Gasteiger partial charge in [0.25, 0.3) is 0 Å². The maximum Gasteiger partial charge on any atom is 0.235 e. The second-order valence-electron chi connectivity index (χ2n) is 6.13. The van der Waals surface area contributed by atoms with Crippen LogP contribution >= 0.6 is 11.3 Å². The Hall–Kier alpha value is -3.06. The fraction of sp³-hybridized carbons (Fsp3) is 0.158. The summed E-state index contributed by atoms with van der Waals surface area (Å²) in [5.41, 5.74) is 3.26. The van der Waals surface area contributed by atoms with Crippen molar-refractivity contribution in [2.75, 3.05) is 0 Å². The lowest BCUT2D eigenvalue weighted by Crippen LogP contribution is -2.04. The molecule has 0 saturated heterocycles. The Labute approximate surface area is 153 Å². The van der Waals surface area contributed by atoms with Gasteiger partial charge in [-0.25, -0.2) is 4.98 Å². The highest BCUT2D eigenvalue weighted by atomic mass is 32.1. The molecule has 0 aliphatic heterocycles. The number of fused-ring (bicyclic) bond motifs is 2. The van der Waals surface area contributed by atoms with Gasteiger partial charge in [-0.15, -0.1) is 10.2 Å². The molecule has 5 rings (SSSR count). The van der Waals surface area contributed by atoms with Crippen LogP contribution in [0.3, 0.4) is 0 Å². The summed E-state index contributed by atoms with van der Waals surface area (Å²) in [4.78, 5) is 5.34. The molecule has 0 spiro atoms. The van der Waals surface area contributed by atoms with Crippen LogP contribution in [0.25, 0.3) is 21.4 Å². The van der Waals surface area contributed by atoms with Crippen LogP contribution in [0, 0.1) is 6.92 Å². The van der Waals surface area contributed by atoms with Crippen LogP contribution in [0.2, 0.25) is 0 Å². The average molecular weight is 361 g/mol. The van der Waals surface area contributed by atoms with Crippen molar-refractivity contribution >= 4 is 32.8 Å². The molecule has 0 fully saturated rings. The van der Waals surface area contributed by atoms with Gasteiger partial charge in [0.05, 0.1) is 5.52 Å². The molecule has 0 saturated carbocycles. The van der Waals surface area contributed by atoms with Gasteiger partial charge in [-0.05, 0) is 30.5 Å². The third-order valence-electron chi connectivity index (χ3n) is 4.35. The number of rotatable bonds is 4. The number of benzene rings is 1. The smallest absolute Gasteiger partial charge is 0.235 e. The topological polar surface area (TPSA) is 65.2 Å². The van der Waals surface area contributed by atoms with Crippen molar-refractivity contribution in [1.29, 1.82) is 0 Å². The largest absolute Gasteiger partial charge is 0.469 e. The van der Waals surface area contributed by atoms with Crippen LogP contribution in [0.1, 0.15) is 22.8 Å². The van der Waals surface area contributed by atoms with Crippen molar-refractivity contribution in [3.05, 3.63) is 65.0 Å². The van der Waals surface area contributed by atoms with Crippen molar-refractivity contribution in [3.8, 4) is 5.88 Å². The standard InChI is InChI=1S/C19H15N5OS/c1-12-10-17(20-15-9-5-4-8-14(12)15)25-11-16-21-22-19-24(16)23-18(26-19)13-6-2-3-7-13/h2-6,8-10H,7,11H2,1H3. The van der Waals surface area contributed by atoms with Gasteiger partial charge in [-0.2, -0.15) is 9.61 Å². The third-order valence-corrected chi connectivity index (χ3v) is 5.32. The minimum atomic E-state index is 0.270. The summed E-state index contributed by atoms with van der Waals surface area (Å²) in [6, 6.07) is 9.99. The number of hydrogen-bond acceptors (Lipinski definition) is 6. The summed E-state index contributed by atoms with van der Waals surface area (Å²) in [6.07, 6.45) is 7.17. The van der Waals surface area contributed by atoms with E-state index in [0.717, 1.165) is 32.9 Å². The second kappa shape index (κ2) is 6.03. The molecule has 0 bridgehead atoms. The van der Waals surface area contributed by atoms with Gasteiger partial charge in [-0.1, -0.05) is 47.8 Å². The average Bonchev–Trinajstić information content (AvgIpc) is 3.37. The number of hydrogen-bond donors (Lipinski definition) is 0. The van der Waals surface area contributed by atoms with E-state index in [4.69, 9.17) is 4.74 Å². The van der Waals surface area contributed by atoms with Crippen molar-refractivity contribution in [2.24, 2.45) is 0 Å². The van der Waals surface area contributed by atoms with Crippen molar-refractivity contribution in [2.45, 2.75) is 20.0 Å². The van der Waals surface area contributed by atoms with E-state index >= 15 is 0 Å². The highest BCUT2D eigenvalue weighted by molar-refractivity contribution is 7.17. The quantitative estimate of drug-likeness (QED) is 0.550. The summed E-state index contributed by atoms with van der Waals surface area (Å²) in [5, 5.41) is 15.1. The molecule has 6 nitrogen and oxygen atoms in total. The van der Waals surface area contributed by atoms with Crippen LogP contribution < -0.4 is 4.74 Å². The Morgan fingerprint density at radius 2 is 2.15 bits per heavy atom. The zero-order valence-electron chi connectivity index (χ0n) is 14.1. The van der Waals surface area contributed by atoms with Gasteiger partial charge in [0.15, 0.2) is 12.4 Å². The molecule has 0 radical (unpaired) electrons. The molecule has 0 atom stereocenters. The van der Waals surface area contributed by atoms with E-state index in [1.165, 1.54) is 5.57 Å². The molecule has 0 N–H and O–H groups in total. The van der Waals surface area contributed by atoms with Crippen molar-refractivity contribution in [1.82, 2.24) is 24.8 Å². The first kappa shape index (κ1) is 15.2. The molecular weight excluding hydrogens is 346 g/mol. The van der Waals surface area contributed by atoms with Crippen LogP contribution in [0.5, 0.6) is 5.88 Å². The lowest BCUT2D eigenvalue weighted by molar-refractivity contribution is 0.282. The van der Waals surface area contributed by atoms with Crippen LogP contribution in [-0.2, 0) is 6.61 Å². The molecule has 4 aromatic rings. The summed E-state index contributed by atoms with van der Waals surface area (Å²) >= 11 is 1.54. The zero-order valence-corrected chi connectivity index (χ0v) is 14.9. The minimum Gasteiger partial charge on any atom is -0.469 e. The van der Waals surface area contributed by atoms with E-state index in [1.807, 2.05) is 24.3 Å². The monoisotopic (exact) mass is 361 g/mol. The van der Waals surface area contributed by atoms with Gasteiger partial charge >= 0.3 is 0 Å². The second-order valence-corrected chi connectivity index (χ2v) is 7.08. The number of aryl methyl sites for hydroxylation is 1. The van der Waals surface area contributed by atoms with Gasteiger partial charge in [0.1, 0.15) is 5.01 Å². The van der Waals surface area contributed by atoms with Gasteiger partial charge in [-0.3, -0.25) is 0 Å². The van der Waals surface area contributed by atoms with Gasteiger partial charge < -0.3 is 4.74 Å². The van der Waals surface area contributed by atoms with Crippen LogP contribution in [0.15, 0.2) is 48.6 Å². The summed E-state index contributed by atoms with van der Waals surface area (Å²) in [5.74, 6) is 1.25. The molecule has 3 heterocycles. The summed E-state index contributed by atoms with van der Waals surface area (Å²) in [6.45, 7) is 2.33. The predicted octanol–water partition coefficient (Wildman–Crippen LogP) is 3.96. The van der Waals surface area contributed by atoms with E-state index in [2.05, 4.69) is 51.5 Å². The predicted molar refractivity (Wildman–Crippen MR) is 101 cm³/mol. The molecule has 0 amide bonds.